The first-order valence-corrected chi connectivity index (χ1v) is 9.11. The van der Waals surface area contributed by atoms with Gasteiger partial charge in [-0.25, -0.2) is 17.5 Å². The molecule has 0 spiro atoms. The summed E-state index contributed by atoms with van der Waals surface area (Å²) in [6.07, 6.45) is 2.87. The summed E-state index contributed by atoms with van der Waals surface area (Å²) in [5.74, 6) is -0.719. The lowest BCUT2D eigenvalue weighted by Crippen LogP contribution is -2.30. The Bertz CT molecular complexity index is 858. The zero-order chi connectivity index (χ0) is 18.4. The summed E-state index contributed by atoms with van der Waals surface area (Å²) in [7, 11) is -3.56. The van der Waals surface area contributed by atoms with Gasteiger partial charge in [-0.3, -0.25) is 4.79 Å². The zero-order valence-electron chi connectivity index (χ0n) is 13.9. The summed E-state index contributed by atoms with van der Waals surface area (Å²) in [6.45, 7) is 3.47. The van der Waals surface area contributed by atoms with Gasteiger partial charge in [-0.2, -0.15) is 0 Å². The van der Waals surface area contributed by atoms with Crippen LogP contribution in [-0.4, -0.2) is 20.4 Å². The van der Waals surface area contributed by atoms with Crippen molar-refractivity contribution in [2.24, 2.45) is 0 Å². The molecule has 0 aromatic heterocycles. The highest BCUT2D eigenvalue weighted by Crippen LogP contribution is 2.14. The molecule has 25 heavy (non-hydrogen) atoms. The number of hydrogen-bond donors (Lipinski definition) is 2. The van der Waals surface area contributed by atoms with E-state index in [1.54, 1.807) is 32.1 Å². The van der Waals surface area contributed by atoms with E-state index in [4.69, 9.17) is 0 Å². The Kier molecular flexibility index (Phi) is 6.06. The molecule has 0 aliphatic heterocycles. The zero-order valence-corrected chi connectivity index (χ0v) is 14.7. The van der Waals surface area contributed by atoms with E-state index in [1.807, 2.05) is 0 Å². The van der Waals surface area contributed by atoms with Crippen molar-refractivity contribution >= 4 is 27.7 Å². The van der Waals surface area contributed by atoms with Gasteiger partial charge in [0.15, 0.2) is 0 Å². The topological polar surface area (TPSA) is 75.3 Å². The van der Waals surface area contributed by atoms with Crippen molar-refractivity contribution in [3.63, 3.8) is 0 Å². The van der Waals surface area contributed by atoms with Crippen LogP contribution in [0.3, 0.4) is 0 Å². The van der Waals surface area contributed by atoms with Crippen molar-refractivity contribution < 1.29 is 17.6 Å². The maximum Gasteiger partial charge on any atom is 0.248 e. The van der Waals surface area contributed by atoms with Crippen LogP contribution in [0.4, 0.5) is 10.1 Å². The lowest BCUT2D eigenvalue weighted by Gasteiger charge is -2.10. The summed E-state index contributed by atoms with van der Waals surface area (Å²) in [5.41, 5.74) is 1.16. The molecule has 0 aliphatic carbocycles. The van der Waals surface area contributed by atoms with Crippen LogP contribution in [0.25, 0.3) is 6.08 Å². The number of anilines is 1. The standard InChI is InChI=1S/C18H19FN2O3S/c1-13(2)21-25(23,24)17-10-8-16(9-11-17)20-18(22)12-5-14-3-6-15(19)7-4-14/h3-13,21H,1-2H3,(H,20,22). The summed E-state index contributed by atoms with van der Waals surface area (Å²) >= 11 is 0. The molecule has 0 atom stereocenters. The van der Waals surface area contributed by atoms with Crippen molar-refractivity contribution in [2.75, 3.05) is 5.32 Å². The molecule has 0 heterocycles. The van der Waals surface area contributed by atoms with Crippen molar-refractivity contribution in [2.45, 2.75) is 24.8 Å². The highest BCUT2D eigenvalue weighted by Gasteiger charge is 2.14. The quantitative estimate of drug-likeness (QED) is 0.775. The number of carbonyl (C=O) groups excluding carboxylic acids is 1. The van der Waals surface area contributed by atoms with Crippen LogP contribution in [0.15, 0.2) is 59.5 Å². The van der Waals surface area contributed by atoms with E-state index >= 15 is 0 Å². The summed E-state index contributed by atoms with van der Waals surface area (Å²) in [5, 5.41) is 2.63. The molecule has 0 bridgehead atoms. The number of amides is 1. The van der Waals surface area contributed by atoms with Crippen LogP contribution in [0.1, 0.15) is 19.4 Å². The SMILES string of the molecule is CC(C)NS(=O)(=O)c1ccc(NC(=O)C=Cc2ccc(F)cc2)cc1. The van der Waals surface area contributed by atoms with Crippen LogP contribution < -0.4 is 10.0 Å². The molecule has 5 nitrogen and oxygen atoms in total. The van der Waals surface area contributed by atoms with Gasteiger partial charge in [0.2, 0.25) is 15.9 Å². The highest BCUT2D eigenvalue weighted by atomic mass is 32.2. The molecule has 0 fully saturated rings. The number of rotatable bonds is 6. The summed E-state index contributed by atoms with van der Waals surface area (Å²) in [6, 6.07) is 11.4. The average molecular weight is 362 g/mol. The molecule has 0 saturated heterocycles. The Labute approximate surface area is 146 Å². The van der Waals surface area contributed by atoms with Gasteiger partial charge in [0, 0.05) is 17.8 Å². The van der Waals surface area contributed by atoms with E-state index in [2.05, 4.69) is 10.0 Å². The Hall–Kier alpha value is -2.51. The van der Waals surface area contributed by atoms with Crippen LogP contribution in [0, 0.1) is 5.82 Å². The van der Waals surface area contributed by atoms with Crippen molar-refractivity contribution in [1.82, 2.24) is 4.72 Å². The largest absolute Gasteiger partial charge is 0.323 e. The number of carbonyl (C=O) groups is 1. The number of halogens is 1. The Balaban J connectivity index is 2.01. The molecule has 2 aromatic carbocycles. The lowest BCUT2D eigenvalue weighted by atomic mass is 10.2. The average Bonchev–Trinajstić information content (AvgIpc) is 2.54. The third-order valence-corrected chi connectivity index (χ3v) is 4.79. The molecule has 0 radical (unpaired) electrons. The number of benzene rings is 2. The molecule has 1 amide bonds. The van der Waals surface area contributed by atoms with Gasteiger partial charge in [-0.15, -0.1) is 0 Å². The van der Waals surface area contributed by atoms with E-state index < -0.39 is 10.0 Å². The van der Waals surface area contributed by atoms with Crippen LogP contribution in [0.5, 0.6) is 0 Å². The Morgan fingerprint density at radius 3 is 2.20 bits per heavy atom. The molecule has 2 aromatic rings. The van der Waals surface area contributed by atoms with Crippen molar-refractivity contribution in [3.05, 3.63) is 66.0 Å². The first-order valence-electron chi connectivity index (χ1n) is 7.63. The second-order valence-electron chi connectivity index (χ2n) is 5.67. The molecule has 2 rings (SSSR count). The smallest absolute Gasteiger partial charge is 0.248 e. The fraction of sp³-hybridized carbons (Fsp3) is 0.167. The minimum absolute atomic E-state index is 0.126. The van der Waals surface area contributed by atoms with Gasteiger partial charge in [-0.1, -0.05) is 12.1 Å². The monoisotopic (exact) mass is 362 g/mol. The number of nitrogens with one attached hydrogen (secondary N) is 2. The van der Waals surface area contributed by atoms with Crippen LogP contribution in [-0.2, 0) is 14.8 Å². The maximum atomic E-state index is 12.8. The fourth-order valence-corrected chi connectivity index (χ4v) is 3.28. The minimum Gasteiger partial charge on any atom is -0.323 e. The maximum absolute atomic E-state index is 12.8. The highest BCUT2D eigenvalue weighted by molar-refractivity contribution is 7.89. The molecule has 2 N–H and O–H groups in total. The molecular formula is C18H19FN2O3S. The van der Waals surface area contributed by atoms with Crippen LogP contribution in [0.2, 0.25) is 0 Å². The van der Waals surface area contributed by atoms with Gasteiger partial charge in [0.1, 0.15) is 5.82 Å². The Morgan fingerprint density at radius 1 is 1.04 bits per heavy atom. The van der Waals surface area contributed by atoms with Crippen molar-refractivity contribution in [1.29, 1.82) is 0 Å². The lowest BCUT2D eigenvalue weighted by molar-refractivity contribution is -0.111. The molecule has 0 aliphatic rings. The molecule has 0 saturated carbocycles. The van der Waals surface area contributed by atoms with E-state index in [0.29, 0.717) is 11.3 Å². The predicted molar refractivity (Wildman–Crippen MR) is 96.0 cm³/mol. The summed E-state index contributed by atoms with van der Waals surface area (Å²) in [4.78, 5) is 12.0. The summed E-state index contributed by atoms with van der Waals surface area (Å²) < 4.78 is 39.3. The third-order valence-electron chi connectivity index (χ3n) is 3.12. The third kappa shape index (κ3) is 5.81. The molecule has 0 unspecified atom stereocenters. The van der Waals surface area contributed by atoms with Gasteiger partial charge in [-0.05, 0) is 61.9 Å². The van der Waals surface area contributed by atoms with E-state index in [1.165, 1.54) is 42.5 Å². The van der Waals surface area contributed by atoms with Crippen molar-refractivity contribution in [3.8, 4) is 0 Å². The fourth-order valence-electron chi connectivity index (χ4n) is 2.03. The van der Waals surface area contributed by atoms with E-state index in [9.17, 15) is 17.6 Å². The van der Waals surface area contributed by atoms with Gasteiger partial charge in [0.25, 0.3) is 0 Å². The Morgan fingerprint density at radius 2 is 1.64 bits per heavy atom. The normalized spacial score (nSPS) is 11.8. The van der Waals surface area contributed by atoms with Crippen LogP contribution >= 0.6 is 0 Å². The first kappa shape index (κ1) is 18.8. The van der Waals surface area contributed by atoms with E-state index in [0.717, 1.165) is 0 Å². The minimum atomic E-state index is -3.56. The predicted octanol–water partition coefficient (Wildman–Crippen LogP) is 3.16. The second kappa shape index (κ2) is 8.04. The molecular weight excluding hydrogens is 343 g/mol. The second-order valence-corrected chi connectivity index (χ2v) is 7.39. The van der Waals surface area contributed by atoms with E-state index in [-0.39, 0.29) is 22.7 Å². The number of sulfonamides is 1. The molecule has 7 heteroatoms. The van der Waals surface area contributed by atoms with Gasteiger partial charge in [0.05, 0.1) is 4.90 Å². The van der Waals surface area contributed by atoms with Gasteiger partial charge >= 0.3 is 0 Å². The van der Waals surface area contributed by atoms with Gasteiger partial charge < -0.3 is 5.32 Å². The molecule has 132 valence electrons. The number of hydrogen-bond acceptors (Lipinski definition) is 3. The first-order chi connectivity index (χ1) is 11.8.